The van der Waals surface area contributed by atoms with Crippen LogP contribution in [0.4, 0.5) is 11.4 Å². The number of rotatable bonds is 6. The third-order valence-corrected chi connectivity index (χ3v) is 8.51. The smallest absolute Gasteiger partial charge is 0.103 e. The Balaban J connectivity index is 1.21. The molecule has 2 saturated heterocycles. The first-order chi connectivity index (χ1) is 19.1. The number of hydrogen-bond acceptors (Lipinski definition) is 5. The fourth-order valence-electron chi connectivity index (χ4n) is 6.34. The number of likely N-dealkylation sites (tertiary alicyclic amines) is 2. The van der Waals surface area contributed by atoms with Crippen LogP contribution in [0.15, 0.2) is 66.9 Å². The molecule has 6 rings (SSSR count). The fraction of sp³-hybridized carbons (Fsp3) is 0.353. The van der Waals surface area contributed by atoms with E-state index in [2.05, 4.69) is 101 Å². The van der Waals surface area contributed by atoms with Crippen molar-refractivity contribution < 1.29 is 0 Å². The molecule has 0 aliphatic carbocycles. The lowest BCUT2D eigenvalue weighted by atomic mass is 9.99. The maximum absolute atomic E-state index is 9.80. The van der Waals surface area contributed by atoms with Gasteiger partial charge >= 0.3 is 0 Å². The molecular formula is C34H37N5. The quantitative estimate of drug-likeness (QED) is 0.294. The van der Waals surface area contributed by atoms with Crippen molar-refractivity contribution in [1.82, 2.24) is 14.8 Å². The molecule has 0 saturated carbocycles. The van der Waals surface area contributed by atoms with Crippen LogP contribution < -0.4 is 5.32 Å². The Kier molecular flexibility index (Phi) is 7.32. The van der Waals surface area contributed by atoms with Crippen LogP contribution in [-0.4, -0.2) is 47.0 Å². The summed E-state index contributed by atoms with van der Waals surface area (Å²) in [5, 5.41) is 14.3. The Bertz CT molecular complexity index is 1520. The molecule has 2 aliphatic heterocycles. The van der Waals surface area contributed by atoms with Gasteiger partial charge in [0.15, 0.2) is 0 Å². The maximum atomic E-state index is 9.80. The highest BCUT2D eigenvalue weighted by atomic mass is 15.2. The van der Waals surface area contributed by atoms with Crippen LogP contribution in [0.25, 0.3) is 22.0 Å². The van der Waals surface area contributed by atoms with E-state index >= 15 is 0 Å². The molecule has 1 N–H and O–H groups in total. The average Bonchev–Trinajstić information content (AvgIpc) is 3.50. The van der Waals surface area contributed by atoms with E-state index in [-0.39, 0.29) is 0 Å². The Morgan fingerprint density at radius 3 is 2.49 bits per heavy atom. The molecule has 3 heterocycles. The molecule has 5 heteroatoms. The molecule has 198 valence electrons. The summed E-state index contributed by atoms with van der Waals surface area (Å²) in [6, 6.07) is 24.7. The zero-order chi connectivity index (χ0) is 26.8. The number of aryl methyl sites for hydroxylation is 2. The number of benzene rings is 3. The molecule has 5 nitrogen and oxygen atoms in total. The number of anilines is 2. The molecular weight excluding hydrogens is 478 g/mol. The maximum Gasteiger partial charge on any atom is 0.103 e. The Labute approximate surface area is 232 Å². The zero-order valence-corrected chi connectivity index (χ0v) is 23.1. The number of pyridine rings is 1. The SMILES string of the molecule is Cc1ccc(Nc2c(C#N)cnc3cc(-c4cccc(CN5CCC(N6CCCC6)CC5)c4)ccc23)c(C)c1. The second kappa shape index (κ2) is 11.2. The molecule has 0 spiro atoms. The van der Waals surface area contributed by atoms with Crippen LogP contribution >= 0.6 is 0 Å². The number of fused-ring (bicyclic) bond motifs is 1. The normalized spacial score (nSPS) is 16.9. The lowest BCUT2D eigenvalue weighted by Gasteiger charge is -2.36. The average molecular weight is 516 g/mol. The highest BCUT2D eigenvalue weighted by Gasteiger charge is 2.26. The van der Waals surface area contributed by atoms with Gasteiger partial charge in [-0.1, -0.05) is 48.0 Å². The predicted octanol–water partition coefficient (Wildman–Crippen LogP) is 7.19. The summed E-state index contributed by atoms with van der Waals surface area (Å²) in [5.41, 5.74) is 9.33. The summed E-state index contributed by atoms with van der Waals surface area (Å²) >= 11 is 0. The topological polar surface area (TPSA) is 55.2 Å². The molecule has 2 aliphatic rings. The van der Waals surface area contributed by atoms with Crippen LogP contribution in [0.3, 0.4) is 0 Å². The van der Waals surface area contributed by atoms with Crippen molar-refractivity contribution >= 4 is 22.3 Å². The van der Waals surface area contributed by atoms with E-state index in [1.54, 1.807) is 6.20 Å². The number of nitrogens with one attached hydrogen (secondary N) is 1. The van der Waals surface area contributed by atoms with Gasteiger partial charge in [-0.3, -0.25) is 9.88 Å². The highest BCUT2D eigenvalue weighted by molar-refractivity contribution is 5.97. The van der Waals surface area contributed by atoms with Gasteiger partial charge in [-0.25, -0.2) is 0 Å². The number of nitriles is 1. The van der Waals surface area contributed by atoms with E-state index in [9.17, 15) is 5.26 Å². The van der Waals surface area contributed by atoms with Gasteiger partial charge in [0.25, 0.3) is 0 Å². The van der Waals surface area contributed by atoms with Crippen LogP contribution in [0.5, 0.6) is 0 Å². The van der Waals surface area contributed by atoms with Gasteiger partial charge in [0.1, 0.15) is 6.07 Å². The van der Waals surface area contributed by atoms with E-state index in [1.807, 2.05) is 0 Å². The van der Waals surface area contributed by atoms with E-state index in [4.69, 9.17) is 0 Å². The minimum atomic E-state index is 0.547. The molecule has 0 atom stereocenters. The number of nitrogens with zero attached hydrogens (tertiary/aromatic N) is 4. The largest absolute Gasteiger partial charge is 0.354 e. The standard InChI is InChI=1S/C34H37N5/c1-24-8-11-32(25(2)18-24)37-34-29(21-35)22-36-33-20-28(9-10-31(33)34)27-7-5-6-26(19-27)23-38-16-12-30(13-17-38)39-14-3-4-15-39/h5-11,18-20,22,30H,3-4,12-17,23H2,1-2H3,(H,36,37). The van der Waals surface area contributed by atoms with Gasteiger partial charge in [0.05, 0.1) is 16.8 Å². The third-order valence-electron chi connectivity index (χ3n) is 8.51. The second-order valence-electron chi connectivity index (χ2n) is 11.3. The molecule has 39 heavy (non-hydrogen) atoms. The molecule has 0 bridgehead atoms. The van der Waals surface area contributed by atoms with Crippen molar-refractivity contribution in [3.8, 4) is 17.2 Å². The molecule has 3 aromatic carbocycles. The van der Waals surface area contributed by atoms with E-state index < -0.39 is 0 Å². The number of piperidine rings is 1. The molecule has 1 aromatic heterocycles. The first-order valence-corrected chi connectivity index (χ1v) is 14.3. The molecule has 4 aromatic rings. The molecule has 0 radical (unpaired) electrons. The van der Waals surface area contributed by atoms with Gasteiger partial charge in [-0.2, -0.15) is 5.26 Å². The minimum absolute atomic E-state index is 0.547. The van der Waals surface area contributed by atoms with Gasteiger partial charge in [-0.05, 0) is 106 Å². The lowest BCUT2D eigenvalue weighted by Crippen LogP contribution is -2.43. The monoisotopic (exact) mass is 515 g/mol. The van der Waals surface area contributed by atoms with Crippen molar-refractivity contribution in [2.45, 2.75) is 52.1 Å². The van der Waals surface area contributed by atoms with Crippen LogP contribution in [0.2, 0.25) is 0 Å². The molecule has 2 fully saturated rings. The van der Waals surface area contributed by atoms with Crippen molar-refractivity contribution in [3.63, 3.8) is 0 Å². The zero-order valence-electron chi connectivity index (χ0n) is 23.1. The van der Waals surface area contributed by atoms with Gasteiger partial charge in [-0.15, -0.1) is 0 Å². The van der Waals surface area contributed by atoms with E-state index in [0.29, 0.717) is 5.56 Å². The Morgan fingerprint density at radius 2 is 1.72 bits per heavy atom. The third kappa shape index (κ3) is 5.54. The van der Waals surface area contributed by atoms with Gasteiger partial charge in [0, 0.05) is 29.9 Å². The summed E-state index contributed by atoms with van der Waals surface area (Å²) in [7, 11) is 0. The second-order valence-corrected chi connectivity index (χ2v) is 11.3. The van der Waals surface area contributed by atoms with E-state index in [0.717, 1.165) is 46.0 Å². The van der Waals surface area contributed by atoms with Gasteiger partial charge < -0.3 is 10.2 Å². The summed E-state index contributed by atoms with van der Waals surface area (Å²) in [6.07, 6.45) is 7.01. The summed E-state index contributed by atoms with van der Waals surface area (Å²) < 4.78 is 0. The van der Waals surface area contributed by atoms with Crippen molar-refractivity contribution in [3.05, 3.63) is 89.1 Å². The van der Waals surface area contributed by atoms with Gasteiger partial charge in [0.2, 0.25) is 0 Å². The van der Waals surface area contributed by atoms with Crippen LogP contribution in [0, 0.1) is 25.2 Å². The molecule has 0 unspecified atom stereocenters. The first-order valence-electron chi connectivity index (χ1n) is 14.3. The van der Waals surface area contributed by atoms with Crippen molar-refractivity contribution in [2.24, 2.45) is 0 Å². The highest BCUT2D eigenvalue weighted by Crippen LogP contribution is 2.33. The fourth-order valence-corrected chi connectivity index (χ4v) is 6.34. The summed E-state index contributed by atoms with van der Waals surface area (Å²) in [6.45, 7) is 10.1. The molecule has 0 amide bonds. The minimum Gasteiger partial charge on any atom is -0.354 e. The van der Waals surface area contributed by atoms with E-state index in [1.165, 1.54) is 68.6 Å². The lowest BCUT2D eigenvalue weighted by molar-refractivity contribution is 0.122. The first kappa shape index (κ1) is 25.6. The van der Waals surface area contributed by atoms with Crippen molar-refractivity contribution in [1.29, 1.82) is 5.26 Å². The summed E-state index contributed by atoms with van der Waals surface area (Å²) in [4.78, 5) is 9.99. The Morgan fingerprint density at radius 1 is 0.923 bits per heavy atom. The Hall–Kier alpha value is -3.72. The van der Waals surface area contributed by atoms with Crippen LogP contribution in [-0.2, 0) is 6.54 Å². The summed E-state index contributed by atoms with van der Waals surface area (Å²) in [5.74, 6) is 0. The predicted molar refractivity (Wildman–Crippen MR) is 160 cm³/mol. The van der Waals surface area contributed by atoms with Crippen LogP contribution in [0.1, 0.15) is 47.9 Å². The van der Waals surface area contributed by atoms with Crippen molar-refractivity contribution in [2.75, 3.05) is 31.5 Å². The number of hydrogen-bond donors (Lipinski definition) is 1. The number of aromatic nitrogens is 1.